The van der Waals surface area contributed by atoms with Crippen molar-refractivity contribution in [3.8, 4) is 23.0 Å². The van der Waals surface area contributed by atoms with Crippen LogP contribution in [0.3, 0.4) is 0 Å². The summed E-state index contributed by atoms with van der Waals surface area (Å²) in [4.78, 5) is 2.74. The van der Waals surface area contributed by atoms with E-state index in [1.807, 2.05) is 0 Å². The van der Waals surface area contributed by atoms with Gasteiger partial charge in [0.05, 0.1) is 89.9 Å². The smallest absolute Gasteiger partial charge is 0.297 e. The van der Waals surface area contributed by atoms with Gasteiger partial charge in [-0.15, -0.1) is 58.2 Å². The van der Waals surface area contributed by atoms with Gasteiger partial charge in [-0.1, -0.05) is 20.2 Å². The summed E-state index contributed by atoms with van der Waals surface area (Å²) in [6, 6.07) is 13.6. The van der Waals surface area contributed by atoms with Crippen molar-refractivity contribution in [3.05, 3.63) is 118 Å². The summed E-state index contributed by atoms with van der Waals surface area (Å²) < 4.78 is 245. The number of nitrogen functional groups attached to an aromatic ring is 1. The molecule has 0 amide bonds. The molecule has 0 radical (unpaired) electrons. The minimum Gasteiger partial charge on any atom is -0.505 e. The Balaban J connectivity index is 1.13. The fourth-order valence-electron chi connectivity index (χ4n) is 10.0. The van der Waals surface area contributed by atoms with Gasteiger partial charge in [0.25, 0.3) is 66.4 Å². The number of non-ortho nitro benzene ring substituents is 1. The third kappa shape index (κ3) is 21.5. The van der Waals surface area contributed by atoms with Crippen LogP contribution in [0.25, 0.3) is 32.3 Å². The SMILES string of the molecule is Cc1cc(N=Nc2c(S(=O)(=O)O)cc3c(S(=O)(=O)O)c(N=Nc4cc(S(=O)(=O)O)c5cc(SOOO)c(N=Nc6ccc([N+](=O)[O-])cc6S(=O)(=O)O)c(O)c5c4N)ccc3c2O)c(OCCCSOOO)cc1N=Nc1cc(C)c(N=Nc2cc(S(=O)(=O)O)cc3cc(S(=O)(=O)O)cc(SOOO)c23)cc1OCCCSOOO. The first-order chi connectivity index (χ1) is 53.6. The maximum Gasteiger partial charge on any atom is 0.297 e. The topological polar surface area (TPSA) is 733 Å². The van der Waals surface area contributed by atoms with E-state index in [1.54, 1.807) is 0 Å². The van der Waals surface area contributed by atoms with Gasteiger partial charge in [0.2, 0.25) is 0 Å². The number of rotatable bonds is 37. The number of nitrogens with zero attached hydrogens (tertiary/aromatic N) is 11. The zero-order valence-electron chi connectivity index (χ0n) is 56.2. The Kier molecular flexibility index (Phi) is 28.7. The minimum atomic E-state index is -5.76. The lowest BCUT2D eigenvalue weighted by atomic mass is 10.0. The lowest BCUT2D eigenvalue weighted by Gasteiger charge is -2.15. The van der Waals surface area contributed by atoms with Crippen LogP contribution in [-0.2, 0) is 98.2 Å². The molecular weight excluding hydrogens is 1740 g/mol. The molecule has 0 saturated heterocycles. The molecule has 0 saturated carbocycles. The molecule has 0 fully saturated rings. The number of phenolic OH excluding ortho intramolecular Hbond substituents is 2. The van der Waals surface area contributed by atoms with Crippen molar-refractivity contribution in [3.63, 3.8) is 0 Å². The summed E-state index contributed by atoms with van der Waals surface area (Å²) in [6.07, 6.45) is 0.328. The quantitative estimate of drug-likeness (QED) is 0.00251. The molecule has 9 aromatic carbocycles. The van der Waals surface area contributed by atoms with Gasteiger partial charge in [-0.3, -0.25) is 37.4 Å². The number of nitro benzene ring substituents is 1. The lowest BCUT2D eigenvalue weighted by molar-refractivity contribution is -0.432. The first kappa shape index (κ1) is 88.5. The summed E-state index contributed by atoms with van der Waals surface area (Å²) in [5, 5.41) is 121. The van der Waals surface area contributed by atoms with E-state index in [0.29, 0.717) is 48.4 Å². The van der Waals surface area contributed by atoms with Gasteiger partial charge in [-0.25, -0.2) is 21.0 Å². The normalized spacial score (nSPS) is 12.9. The van der Waals surface area contributed by atoms with Crippen LogP contribution < -0.4 is 15.2 Å². The van der Waals surface area contributed by atoms with Gasteiger partial charge in [-0.05, 0) is 116 Å². The molecule has 608 valence electrons. The average Bonchev–Trinajstić information content (AvgIpc) is 0.744. The maximum absolute atomic E-state index is 13.4. The van der Waals surface area contributed by atoms with E-state index < -0.39 is 173 Å². The zero-order chi connectivity index (χ0) is 83.6. The zero-order valence-corrected chi connectivity index (χ0v) is 64.4. The molecule has 9 aromatic rings. The molecule has 114 heavy (non-hydrogen) atoms. The Morgan fingerprint density at radius 3 is 1.41 bits per heavy atom. The van der Waals surface area contributed by atoms with E-state index >= 15 is 0 Å². The second-order valence-electron chi connectivity index (χ2n) is 22.1. The van der Waals surface area contributed by atoms with Crippen molar-refractivity contribution in [2.45, 2.75) is 65.9 Å². The fourth-order valence-corrected chi connectivity index (χ4v) is 15.7. The van der Waals surface area contributed by atoms with Crippen molar-refractivity contribution in [1.29, 1.82) is 0 Å². The highest BCUT2D eigenvalue weighted by Crippen LogP contribution is 2.52. The third-order valence-corrected chi connectivity index (χ3v) is 22.6. The molecule has 0 aliphatic carbocycles. The fraction of sp³-hybridized carbons (Fsp3) is 0.143. The van der Waals surface area contributed by atoms with Crippen LogP contribution in [0.5, 0.6) is 23.0 Å². The highest BCUT2D eigenvalue weighted by atomic mass is 32.2. The van der Waals surface area contributed by atoms with Crippen LogP contribution in [0.1, 0.15) is 24.0 Å². The Labute approximate surface area is 654 Å². The van der Waals surface area contributed by atoms with Gasteiger partial charge in [0, 0.05) is 81.4 Å². The number of hydrogen-bond acceptors (Lipinski definition) is 45. The van der Waals surface area contributed by atoms with Crippen LogP contribution >= 0.6 is 48.2 Å². The van der Waals surface area contributed by atoms with Crippen LogP contribution in [0.15, 0.2) is 187 Å². The molecule has 0 bridgehead atoms. The van der Waals surface area contributed by atoms with Gasteiger partial charge in [0.15, 0.2) is 11.5 Å². The molecule has 0 aliphatic rings. The molecule has 0 aromatic heterocycles. The molecule has 0 heterocycles. The number of nitrogens with two attached hydrogens (primary N) is 1. The number of azo groups is 5. The van der Waals surface area contributed by atoms with Gasteiger partial charge >= 0.3 is 0 Å². The van der Waals surface area contributed by atoms with Crippen molar-refractivity contribution in [1.82, 2.24) is 0 Å². The molecule has 9 rings (SSSR count). The molecule has 0 atom stereocenters. The molecule has 48 nitrogen and oxygen atoms in total. The summed E-state index contributed by atoms with van der Waals surface area (Å²) in [5.41, 5.74) is -0.239. The number of phenols is 2. The third-order valence-electron chi connectivity index (χ3n) is 14.9. The number of aryl methyl sites for hydroxylation is 2. The van der Waals surface area contributed by atoms with Gasteiger partial charge in [0.1, 0.15) is 70.9 Å². The molecule has 14 N–H and O–H groups in total. The number of ether oxygens (including phenoxy) is 2. The van der Waals surface area contributed by atoms with E-state index in [-0.39, 0.29) is 128 Å². The highest BCUT2D eigenvalue weighted by molar-refractivity contribution is 7.95. The number of nitro groups is 1. The van der Waals surface area contributed by atoms with E-state index in [2.05, 4.69) is 88.6 Å². The molecule has 0 spiro atoms. The van der Waals surface area contributed by atoms with Gasteiger partial charge < -0.3 is 25.4 Å². The van der Waals surface area contributed by atoms with Crippen molar-refractivity contribution >= 4 is 209 Å². The second kappa shape index (κ2) is 37.0. The summed E-state index contributed by atoms with van der Waals surface area (Å²) >= 11 is 1.48. The Morgan fingerprint density at radius 2 is 0.895 bits per heavy atom. The molecule has 0 unspecified atom stereocenters. The Hall–Kier alpha value is -9.46. The predicted molar refractivity (Wildman–Crippen MR) is 391 cm³/mol. The number of aromatic hydroxyl groups is 2. The number of benzene rings is 9. The summed E-state index contributed by atoms with van der Waals surface area (Å²) in [7, 11) is -32.4. The summed E-state index contributed by atoms with van der Waals surface area (Å²) in [6.45, 7) is 2.64. The molecule has 0 aliphatic heterocycles. The highest BCUT2D eigenvalue weighted by Gasteiger charge is 2.31. The average molecular weight is 1790 g/mol. The minimum absolute atomic E-state index is 0.00339. The first-order valence-electron chi connectivity index (χ1n) is 29.9. The first-order valence-corrected chi connectivity index (χ1v) is 41.9. The van der Waals surface area contributed by atoms with Crippen LogP contribution in [0.4, 0.5) is 68.2 Å². The van der Waals surface area contributed by atoms with Crippen LogP contribution in [-0.4, -0.2) is 139 Å². The lowest BCUT2D eigenvalue weighted by Crippen LogP contribution is -2.03. The van der Waals surface area contributed by atoms with E-state index in [0.717, 1.165) is 48.5 Å². The van der Waals surface area contributed by atoms with Crippen molar-refractivity contribution in [2.24, 2.45) is 51.1 Å². The molecule has 58 heteroatoms. The standard InChI is InChI=1S/C56H48N12O36S10/c1-25-13-38(42(95-9-3-11-105-101-97-73)23-37(25)61-64-40-18-29(109(77,78)79)15-27-16-30(110(80,81)82)19-44(49(27)40)107-103-99-75)62-60-36-22-43(96-10-4-12-106-102-98-74)39(14-26(36)2)63-67-53-48(113(89,90)91)21-32-31(54(53)69)6-8-35(56(32)114(92,93)94)59-65-41-24-46(111(83,84)85)33-20-45(108-104-100-76)52(55(70)50(33)51(41)57)66-58-34-7-5-28(68(71)72)17-47(34)112(86,87)88/h5-8,13-24,69-70,73-76H,3-4,9-12,57H2,1-2H3,(H,77,78,79)(H,80,81,82)(H,83,84,85)(H,86,87,88)(H,89,90,91)(H,92,93,94). The van der Waals surface area contributed by atoms with E-state index in [1.165, 1.54) is 38.1 Å². The molecular formula is C56H48N12O36S10. The van der Waals surface area contributed by atoms with Crippen LogP contribution in [0.2, 0.25) is 0 Å². The van der Waals surface area contributed by atoms with E-state index in [4.69, 9.17) is 36.2 Å². The van der Waals surface area contributed by atoms with E-state index in [9.17, 15) is 98.2 Å². The van der Waals surface area contributed by atoms with Gasteiger partial charge in [-0.2, -0.15) is 60.7 Å². The van der Waals surface area contributed by atoms with Crippen molar-refractivity contribution in [2.75, 3.05) is 30.5 Å². The number of anilines is 1. The summed E-state index contributed by atoms with van der Waals surface area (Å²) in [5.74, 6) is -2.54. The largest absolute Gasteiger partial charge is 0.505 e. The Morgan fingerprint density at radius 1 is 0.421 bits per heavy atom. The Bertz CT molecular complexity index is 6210. The second-order valence-corrected chi connectivity index (χ2v) is 33.5. The predicted octanol–water partition coefficient (Wildman–Crippen LogP) is 14.8. The van der Waals surface area contributed by atoms with Crippen molar-refractivity contribution < 1.29 is 161 Å². The number of hydrogen-bond donors (Lipinski definition) is 13. The monoisotopic (exact) mass is 1780 g/mol. The van der Waals surface area contributed by atoms with Crippen LogP contribution in [0, 0.1) is 24.0 Å². The number of fused-ring (bicyclic) bond motifs is 3. The maximum atomic E-state index is 13.4.